The molecule has 9 nitrogen and oxygen atoms in total. The largest absolute Gasteiger partial charge is 0.457 e. The van der Waals surface area contributed by atoms with E-state index in [0.29, 0.717) is 38.9 Å². The lowest BCUT2D eigenvalue weighted by molar-refractivity contribution is 0.0957. The molecule has 0 saturated heterocycles. The normalized spacial score (nSPS) is 10.7. The summed E-state index contributed by atoms with van der Waals surface area (Å²) in [6, 6.07) is 21.5. The second-order valence-electron chi connectivity index (χ2n) is 8.13. The van der Waals surface area contributed by atoms with Gasteiger partial charge in [0.2, 0.25) is 0 Å². The minimum atomic E-state index is -0.568. The van der Waals surface area contributed by atoms with Crippen LogP contribution in [0.2, 0.25) is 5.02 Å². The average Bonchev–Trinajstić information content (AvgIpc) is 2.94. The second kappa shape index (κ2) is 10.5. The van der Waals surface area contributed by atoms with Crippen LogP contribution in [0.15, 0.2) is 96.1 Å². The highest BCUT2D eigenvalue weighted by Crippen LogP contribution is 2.24. The van der Waals surface area contributed by atoms with Gasteiger partial charge in [-0.1, -0.05) is 11.6 Å². The van der Waals surface area contributed by atoms with Crippen LogP contribution in [0.4, 0.5) is 5.69 Å². The first-order chi connectivity index (χ1) is 18.4. The molecular formula is C28H20ClN5O4. The van der Waals surface area contributed by atoms with Gasteiger partial charge < -0.3 is 15.4 Å². The summed E-state index contributed by atoms with van der Waals surface area (Å²) in [5.41, 5.74) is 1.10. The molecule has 0 aliphatic carbocycles. The third-order valence-electron chi connectivity index (χ3n) is 5.63. The number of hydrogen-bond donors (Lipinski definition) is 2. The van der Waals surface area contributed by atoms with Gasteiger partial charge in [-0.3, -0.25) is 23.9 Å². The lowest BCUT2D eigenvalue weighted by atomic mass is 10.1. The Morgan fingerprint density at radius 2 is 1.63 bits per heavy atom. The summed E-state index contributed by atoms with van der Waals surface area (Å²) in [6.45, 7) is 0. The fraction of sp³-hybridized carbons (Fsp3) is 0.0357. The SMILES string of the molecule is CNC(=O)c1cc(Oc2ccc(NC(=O)c3cc4cccnc4n(-c4ccc(Cl)cc4)c3=O)cc2)ccn1. The molecule has 0 aliphatic rings. The number of carbonyl (C=O) groups is 2. The van der Waals surface area contributed by atoms with E-state index in [0.717, 1.165) is 0 Å². The molecule has 2 aromatic carbocycles. The number of nitrogens with zero attached hydrogens (tertiary/aromatic N) is 3. The zero-order valence-electron chi connectivity index (χ0n) is 20.0. The molecule has 0 bridgehead atoms. The molecule has 2 N–H and O–H groups in total. The van der Waals surface area contributed by atoms with E-state index in [1.165, 1.54) is 29.9 Å². The van der Waals surface area contributed by atoms with Crippen LogP contribution in [-0.2, 0) is 0 Å². The Morgan fingerprint density at radius 1 is 0.868 bits per heavy atom. The van der Waals surface area contributed by atoms with Gasteiger partial charge >= 0.3 is 0 Å². The molecule has 0 atom stereocenters. The molecule has 2 amide bonds. The number of carbonyl (C=O) groups excluding carboxylic acids is 2. The van der Waals surface area contributed by atoms with Gasteiger partial charge in [0.15, 0.2) is 0 Å². The zero-order chi connectivity index (χ0) is 26.6. The van der Waals surface area contributed by atoms with Gasteiger partial charge in [0.05, 0.1) is 5.69 Å². The standard InChI is InChI=1S/C28H20ClN5O4/c1-30-27(36)24-16-22(12-14-31-24)38-21-10-6-19(7-11-21)33-26(35)23-15-17-3-2-13-32-25(17)34(28(23)37)20-8-4-18(29)5-9-20/h2-16H,1H3,(H,30,36)(H,33,35). The van der Waals surface area contributed by atoms with Gasteiger partial charge in [-0.2, -0.15) is 0 Å². The van der Waals surface area contributed by atoms with Crippen LogP contribution in [0, 0.1) is 0 Å². The molecule has 5 aromatic rings. The minimum Gasteiger partial charge on any atom is -0.457 e. The van der Waals surface area contributed by atoms with Crippen molar-refractivity contribution in [3.8, 4) is 17.2 Å². The molecule has 10 heteroatoms. The Hall–Kier alpha value is -5.02. The summed E-state index contributed by atoms with van der Waals surface area (Å²) in [5, 5.41) is 6.43. The van der Waals surface area contributed by atoms with E-state index in [1.54, 1.807) is 72.9 Å². The predicted molar refractivity (Wildman–Crippen MR) is 144 cm³/mol. The maximum Gasteiger partial charge on any atom is 0.269 e. The number of nitrogens with one attached hydrogen (secondary N) is 2. The third kappa shape index (κ3) is 5.09. The molecule has 0 spiro atoms. The quantitative estimate of drug-likeness (QED) is 0.328. The summed E-state index contributed by atoms with van der Waals surface area (Å²) in [7, 11) is 1.52. The van der Waals surface area contributed by atoms with E-state index in [4.69, 9.17) is 16.3 Å². The summed E-state index contributed by atoms with van der Waals surface area (Å²) in [4.78, 5) is 46.8. The Kier molecular flexibility index (Phi) is 6.84. The lowest BCUT2D eigenvalue weighted by Gasteiger charge is -2.13. The highest BCUT2D eigenvalue weighted by atomic mass is 35.5. The topological polar surface area (TPSA) is 115 Å². The minimum absolute atomic E-state index is 0.0423. The van der Waals surface area contributed by atoms with Gasteiger partial charge in [-0.25, -0.2) is 4.98 Å². The molecule has 3 heterocycles. The lowest BCUT2D eigenvalue weighted by Crippen LogP contribution is -2.29. The number of pyridine rings is 3. The van der Waals surface area contributed by atoms with Crippen LogP contribution in [0.5, 0.6) is 11.5 Å². The van der Waals surface area contributed by atoms with E-state index >= 15 is 0 Å². The molecule has 0 saturated carbocycles. The van der Waals surface area contributed by atoms with Gasteiger partial charge in [0.1, 0.15) is 28.4 Å². The zero-order valence-corrected chi connectivity index (χ0v) is 20.8. The fourth-order valence-electron chi connectivity index (χ4n) is 3.80. The first-order valence-corrected chi connectivity index (χ1v) is 11.8. The molecule has 0 radical (unpaired) electrons. The van der Waals surface area contributed by atoms with Gasteiger partial charge in [-0.05, 0) is 72.8 Å². The molecular weight excluding hydrogens is 506 g/mol. The number of fused-ring (bicyclic) bond motifs is 1. The Bertz CT molecular complexity index is 1720. The number of aromatic nitrogens is 3. The highest BCUT2D eigenvalue weighted by Gasteiger charge is 2.18. The summed E-state index contributed by atoms with van der Waals surface area (Å²) >= 11 is 6.02. The van der Waals surface area contributed by atoms with Crippen LogP contribution >= 0.6 is 11.6 Å². The number of hydrogen-bond acceptors (Lipinski definition) is 6. The van der Waals surface area contributed by atoms with Gasteiger partial charge in [0, 0.05) is 41.6 Å². The Balaban J connectivity index is 1.40. The van der Waals surface area contributed by atoms with Crippen molar-refractivity contribution in [2.24, 2.45) is 0 Å². The van der Waals surface area contributed by atoms with Crippen molar-refractivity contribution in [1.82, 2.24) is 19.9 Å². The van der Waals surface area contributed by atoms with Crippen molar-refractivity contribution in [3.05, 3.63) is 118 Å². The van der Waals surface area contributed by atoms with Crippen molar-refractivity contribution in [1.29, 1.82) is 0 Å². The number of halogens is 1. The Labute approximate surface area is 221 Å². The maximum atomic E-state index is 13.4. The Morgan fingerprint density at radius 3 is 2.37 bits per heavy atom. The van der Waals surface area contributed by atoms with Gasteiger partial charge in [-0.15, -0.1) is 0 Å². The van der Waals surface area contributed by atoms with Crippen LogP contribution < -0.4 is 20.9 Å². The smallest absolute Gasteiger partial charge is 0.269 e. The number of benzene rings is 2. The first-order valence-electron chi connectivity index (χ1n) is 11.5. The molecule has 0 aliphatic heterocycles. The fourth-order valence-corrected chi connectivity index (χ4v) is 3.93. The second-order valence-corrected chi connectivity index (χ2v) is 8.56. The number of amides is 2. The van der Waals surface area contributed by atoms with Crippen LogP contribution in [0.1, 0.15) is 20.8 Å². The maximum absolute atomic E-state index is 13.4. The van der Waals surface area contributed by atoms with Crippen molar-refractivity contribution in [3.63, 3.8) is 0 Å². The average molecular weight is 526 g/mol. The molecule has 188 valence electrons. The molecule has 3 aromatic heterocycles. The van der Waals surface area contributed by atoms with Crippen LogP contribution in [-0.4, -0.2) is 33.4 Å². The van der Waals surface area contributed by atoms with Crippen molar-refractivity contribution < 1.29 is 14.3 Å². The molecule has 0 unspecified atom stereocenters. The highest BCUT2D eigenvalue weighted by molar-refractivity contribution is 6.30. The summed E-state index contributed by atoms with van der Waals surface area (Å²) in [6.07, 6.45) is 3.06. The summed E-state index contributed by atoms with van der Waals surface area (Å²) in [5.74, 6) is 0.0245. The van der Waals surface area contributed by atoms with Gasteiger partial charge in [0.25, 0.3) is 17.4 Å². The van der Waals surface area contributed by atoms with Crippen LogP contribution in [0.3, 0.4) is 0 Å². The number of rotatable bonds is 6. The number of anilines is 1. The van der Waals surface area contributed by atoms with E-state index < -0.39 is 11.5 Å². The number of ether oxygens (including phenoxy) is 1. The molecule has 5 rings (SSSR count). The van der Waals surface area contributed by atoms with E-state index in [-0.39, 0.29) is 17.2 Å². The van der Waals surface area contributed by atoms with E-state index in [2.05, 4.69) is 20.6 Å². The van der Waals surface area contributed by atoms with Crippen molar-refractivity contribution in [2.75, 3.05) is 12.4 Å². The molecule has 38 heavy (non-hydrogen) atoms. The van der Waals surface area contributed by atoms with E-state index in [9.17, 15) is 14.4 Å². The molecule has 0 fully saturated rings. The van der Waals surface area contributed by atoms with Crippen molar-refractivity contribution >= 4 is 40.1 Å². The van der Waals surface area contributed by atoms with Crippen molar-refractivity contribution in [2.45, 2.75) is 0 Å². The monoisotopic (exact) mass is 525 g/mol. The van der Waals surface area contributed by atoms with E-state index in [1.807, 2.05) is 0 Å². The third-order valence-corrected chi connectivity index (χ3v) is 5.88. The predicted octanol–water partition coefficient (Wildman–Crippen LogP) is 4.84. The van der Waals surface area contributed by atoms with Crippen LogP contribution in [0.25, 0.3) is 16.7 Å². The first kappa shape index (κ1) is 24.7. The summed E-state index contributed by atoms with van der Waals surface area (Å²) < 4.78 is 7.18.